The van der Waals surface area contributed by atoms with Crippen LogP contribution in [0.5, 0.6) is 5.75 Å². The number of amides is 3. The number of carbonyl (C=O) groups is 3. The summed E-state index contributed by atoms with van der Waals surface area (Å²) in [6.45, 7) is 3.67. The molecule has 0 heterocycles. The first kappa shape index (κ1) is 21.7. The van der Waals surface area contributed by atoms with Crippen molar-refractivity contribution in [3.63, 3.8) is 0 Å². The summed E-state index contributed by atoms with van der Waals surface area (Å²) in [5.41, 5.74) is 0.379. The number of hydrogen-bond acceptors (Lipinski definition) is 5. The van der Waals surface area contributed by atoms with Crippen LogP contribution in [0.15, 0.2) is 24.3 Å². The van der Waals surface area contributed by atoms with Gasteiger partial charge in [0.25, 0.3) is 11.8 Å². The second-order valence-corrected chi connectivity index (χ2v) is 7.43. The summed E-state index contributed by atoms with van der Waals surface area (Å²) in [5, 5.41) is 17.9. The number of nitrogens with one attached hydrogen (secondary N) is 3. The molecule has 154 valence electrons. The Bertz CT molecular complexity index is 703. The molecule has 1 aliphatic rings. The SMILES string of the molecule is COc1cccc(C(=O)N[C@@H](CC(C)C)C(=O)NCC(O)C(=O)NC2CC2)c1. The number of methoxy groups -OCH3 is 1. The van der Waals surface area contributed by atoms with E-state index in [1.165, 1.54) is 7.11 Å². The van der Waals surface area contributed by atoms with Crippen molar-refractivity contribution in [2.45, 2.75) is 51.3 Å². The lowest BCUT2D eigenvalue weighted by molar-refractivity contribution is -0.130. The number of rotatable bonds is 10. The van der Waals surface area contributed by atoms with E-state index in [-0.39, 0.29) is 18.5 Å². The van der Waals surface area contributed by atoms with Crippen molar-refractivity contribution >= 4 is 17.7 Å². The second-order valence-electron chi connectivity index (χ2n) is 7.43. The Kier molecular flexibility index (Phi) is 7.80. The van der Waals surface area contributed by atoms with E-state index in [9.17, 15) is 19.5 Å². The molecule has 1 aromatic rings. The van der Waals surface area contributed by atoms with Crippen molar-refractivity contribution in [2.75, 3.05) is 13.7 Å². The molecule has 1 aliphatic carbocycles. The van der Waals surface area contributed by atoms with Gasteiger partial charge in [0.1, 0.15) is 17.9 Å². The van der Waals surface area contributed by atoms with E-state index in [2.05, 4.69) is 16.0 Å². The van der Waals surface area contributed by atoms with Gasteiger partial charge >= 0.3 is 0 Å². The molecule has 0 radical (unpaired) electrons. The highest BCUT2D eigenvalue weighted by Crippen LogP contribution is 2.18. The molecule has 1 aromatic carbocycles. The van der Waals surface area contributed by atoms with Gasteiger partial charge in [-0.1, -0.05) is 19.9 Å². The standard InChI is InChI=1S/C20H29N3O5/c1-12(2)9-16(23-18(25)13-5-4-6-15(10-13)28-3)19(26)21-11-17(24)20(27)22-14-7-8-14/h4-6,10,12,14,16-17,24H,7-9,11H2,1-3H3,(H,21,26)(H,22,27)(H,23,25)/t16-,17?/m0/s1. The maximum Gasteiger partial charge on any atom is 0.252 e. The quantitative estimate of drug-likeness (QED) is 0.466. The molecule has 8 heteroatoms. The Hall–Kier alpha value is -2.61. The number of carbonyl (C=O) groups excluding carboxylic acids is 3. The van der Waals surface area contributed by atoms with E-state index in [0.29, 0.717) is 17.7 Å². The Morgan fingerprint density at radius 1 is 1.21 bits per heavy atom. The van der Waals surface area contributed by atoms with Gasteiger partial charge in [0.15, 0.2) is 0 Å². The van der Waals surface area contributed by atoms with Crippen LogP contribution in [0.25, 0.3) is 0 Å². The van der Waals surface area contributed by atoms with Crippen LogP contribution in [0.1, 0.15) is 43.5 Å². The zero-order valence-corrected chi connectivity index (χ0v) is 16.5. The van der Waals surface area contributed by atoms with Crippen LogP contribution in [0.2, 0.25) is 0 Å². The zero-order chi connectivity index (χ0) is 20.7. The van der Waals surface area contributed by atoms with Gasteiger partial charge in [0.05, 0.1) is 13.7 Å². The fraction of sp³-hybridized carbons (Fsp3) is 0.550. The summed E-state index contributed by atoms with van der Waals surface area (Å²) in [7, 11) is 1.51. The summed E-state index contributed by atoms with van der Waals surface area (Å²) in [6, 6.07) is 5.99. The van der Waals surface area contributed by atoms with Gasteiger partial charge in [-0.3, -0.25) is 14.4 Å². The molecule has 0 bridgehead atoms. The van der Waals surface area contributed by atoms with Gasteiger partial charge in [-0.2, -0.15) is 0 Å². The first-order valence-electron chi connectivity index (χ1n) is 9.51. The van der Waals surface area contributed by atoms with Gasteiger partial charge in [0.2, 0.25) is 5.91 Å². The lowest BCUT2D eigenvalue weighted by Crippen LogP contribution is -2.50. The Labute approximate surface area is 165 Å². The summed E-state index contributed by atoms with van der Waals surface area (Å²) in [5.74, 6) is -0.634. The number of aliphatic hydroxyl groups is 1. The molecule has 28 heavy (non-hydrogen) atoms. The van der Waals surface area contributed by atoms with Crippen LogP contribution in [-0.4, -0.2) is 54.7 Å². The lowest BCUT2D eigenvalue weighted by Gasteiger charge is -2.21. The molecular formula is C20H29N3O5. The van der Waals surface area contributed by atoms with Crippen LogP contribution in [0, 0.1) is 5.92 Å². The fourth-order valence-corrected chi connectivity index (χ4v) is 2.65. The third kappa shape index (κ3) is 6.84. The van der Waals surface area contributed by atoms with Crippen molar-refractivity contribution in [1.82, 2.24) is 16.0 Å². The highest BCUT2D eigenvalue weighted by Gasteiger charge is 2.28. The predicted molar refractivity (Wildman–Crippen MR) is 104 cm³/mol. The smallest absolute Gasteiger partial charge is 0.252 e. The average Bonchev–Trinajstić information content (AvgIpc) is 3.48. The van der Waals surface area contributed by atoms with Crippen molar-refractivity contribution in [3.8, 4) is 5.75 Å². The molecule has 1 saturated carbocycles. The largest absolute Gasteiger partial charge is 0.497 e. The van der Waals surface area contributed by atoms with E-state index in [0.717, 1.165) is 12.8 Å². The first-order valence-corrected chi connectivity index (χ1v) is 9.51. The van der Waals surface area contributed by atoms with Crippen molar-refractivity contribution in [1.29, 1.82) is 0 Å². The van der Waals surface area contributed by atoms with Crippen LogP contribution in [-0.2, 0) is 9.59 Å². The highest BCUT2D eigenvalue weighted by molar-refractivity contribution is 5.98. The molecule has 2 atom stereocenters. The topological polar surface area (TPSA) is 117 Å². The molecule has 0 aromatic heterocycles. The van der Waals surface area contributed by atoms with E-state index >= 15 is 0 Å². The molecule has 1 fully saturated rings. The molecule has 4 N–H and O–H groups in total. The Morgan fingerprint density at radius 3 is 2.54 bits per heavy atom. The molecule has 0 aliphatic heterocycles. The predicted octanol–water partition coefficient (Wildman–Crippen LogP) is 0.595. The number of aliphatic hydroxyl groups excluding tert-OH is 1. The highest BCUT2D eigenvalue weighted by atomic mass is 16.5. The van der Waals surface area contributed by atoms with Gasteiger partial charge in [-0.25, -0.2) is 0 Å². The average molecular weight is 391 g/mol. The van der Waals surface area contributed by atoms with Crippen molar-refractivity contribution in [3.05, 3.63) is 29.8 Å². The van der Waals surface area contributed by atoms with Crippen molar-refractivity contribution < 1.29 is 24.2 Å². The lowest BCUT2D eigenvalue weighted by atomic mass is 10.0. The molecule has 8 nitrogen and oxygen atoms in total. The van der Waals surface area contributed by atoms with Crippen LogP contribution in [0.3, 0.4) is 0 Å². The van der Waals surface area contributed by atoms with Gasteiger partial charge in [-0.05, 0) is 43.4 Å². The van der Waals surface area contributed by atoms with Gasteiger partial charge in [0, 0.05) is 11.6 Å². The minimum absolute atomic E-state index is 0.133. The maximum atomic E-state index is 12.5. The Balaban J connectivity index is 1.93. The minimum atomic E-state index is -1.32. The van der Waals surface area contributed by atoms with E-state index in [1.807, 2.05) is 13.8 Å². The number of hydrogen-bond donors (Lipinski definition) is 4. The molecule has 1 unspecified atom stereocenters. The molecule has 2 rings (SSSR count). The van der Waals surface area contributed by atoms with E-state index in [1.54, 1.807) is 24.3 Å². The normalized spacial score (nSPS) is 15.5. The van der Waals surface area contributed by atoms with Gasteiger partial charge in [-0.15, -0.1) is 0 Å². The molecule has 0 spiro atoms. The van der Waals surface area contributed by atoms with E-state index < -0.39 is 29.9 Å². The number of benzene rings is 1. The van der Waals surface area contributed by atoms with Crippen LogP contribution in [0.4, 0.5) is 0 Å². The monoisotopic (exact) mass is 391 g/mol. The molecular weight excluding hydrogens is 362 g/mol. The summed E-state index contributed by atoms with van der Waals surface area (Å²) < 4.78 is 5.12. The second kappa shape index (κ2) is 10.1. The summed E-state index contributed by atoms with van der Waals surface area (Å²) in [4.78, 5) is 36.8. The van der Waals surface area contributed by atoms with E-state index in [4.69, 9.17) is 4.74 Å². The first-order chi connectivity index (χ1) is 13.3. The van der Waals surface area contributed by atoms with Crippen LogP contribution < -0.4 is 20.7 Å². The summed E-state index contributed by atoms with van der Waals surface area (Å²) in [6.07, 6.45) is 0.930. The summed E-state index contributed by atoms with van der Waals surface area (Å²) >= 11 is 0. The molecule has 3 amide bonds. The maximum absolute atomic E-state index is 12.5. The van der Waals surface area contributed by atoms with Crippen molar-refractivity contribution in [2.24, 2.45) is 5.92 Å². The third-order valence-electron chi connectivity index (χ3n) is 4.36. The third-order valence-corrected chi connectivity index (χ3v) is 4.36. The fourth-order valence-electron chi connectivity index (χ4n) is 2.65. The van der Waals surface area contributed by atoms with Gasteiger partial charge < -0.3 is 25.8 Å². The zero-order valence-electron chi connectivity index (χ0n) is 16.5. The molecule has 0 saturated heterocycles. The Morgan fingerprint density at radius 2 is 1.93 bits per heavy atom. The van der Waals surface area contributed by atoms with Crippen LogP contribution >= 0.6 is 0 Å². The minimum Gasteiger partial charge on any atom is -0.497 e. The number of ether oxygens (including phenoxy) is 1.